The van der Waals surface area contributed by atoms with Crippen LogP contribution in [0.15, 0.2) is 96.8 Å². The molecule has 0 spiro atoms. The molecule has 3 atom stereocenters. The second-order valence-electron chi connectivity index (χ2n) is 11.9. The van der Waals surface area contributed by atoms with Gasteiger partial charge in [0.1, 0.15) is 44.0 Å². The maximum Gasteiger partial charge on any atom is 0.350 e. The van der Waals surface area contributed by atoms with Gasteiger partial charge in [-0.25, -0.2) is 23.7 Å². The van der Waals surface area contributed by atoms with Crippen LogP contribution in [0, 0.1) is 0 Å². The highest BCUT2D eigenvalue weighted by Gasteiger charge is 2.44. The summed E-state index contributed by atoms with van der Waals surface area (Å²) < 4.78 is 23.7. The van der Waals surface area contributed by atoms with Crippen LogP contribution in [-0.4, -0.2) is 79.6 Å². The van der Waals surface area contributed by atoms with Crippen LogP contribution >= 0.6 is 0 Å². The van der Waals surface area contributed by atoms with Gasteiger partial charge < -0.3 is 24.0 Å². The van der Waals surface area contributed by atoms with Gasteiger partial charge >= 0.3 is 5.69 Å². The smallest absolute Gasteiger partial charge is 0.350 e. The zero-order chi connectivity index (χ0) is 32.2. The lowest BCUT2D eigenvalue weighted by molar-refractivity contribution is -0.190. The Bertz CT molecular complexity index is 1780. The van der Waals surface area contributed by atoms with E-state index in [0.717, 1.165) is 61.0 Å². The largest absolute Gasteiger partial charge is 0.491 e. The van der Waals surface area contributed by atoms with Gasteiger partial charge in [-0.15, -0.1) is 0 Å². The topological polar surface area (TPSA) is 118 Å². The highest BCUT2D eigenvalue weighted by molar-refractivity contribution is 5.54. The lowest BCUT2D eigenvalue weighted by Gasteiger charge is -2.37. The van der Waals surface area contributed by atoms with Crippen LogP contribution < -0.4 is 20.2 Å². The predicted octanol–water partition coefficient (Wildman–Crippen LogP) is 3.67. The van der Waals surface area contributed by atoms with Crippen molar-refractivity contribution in [2.45, 2.75) is 44.7 Å². The summed E-state index contributed by atoms with van der Waals surface area (Å²) in [5.41, 5.74) is 3.89. The minimum absolute atomic E-state index is 0.0706. The van der Waals surface area contributed by atoms with E-state index in [1.807, 2.05) is 43.3 Å². The molecule has 0 bridgehead atoms. The van der Waals surface area contributed by atoms with E-state index < -0.39 is 5.79 Å². The predicted molar refractivity (Wildman–Crippen MR) is 176 cm³/mol. The van der Waals surface area contributed by atoms with E-state index >= 15 is 0 Å². The van der Waals surface area contributed by atoms with Gasteiger partial charge in [-0.2, -0.15) is 10.2 Å². The van der Waals surface area contributed by atoms with Crippen LogP contribution in [0.3, 0.4) is 0 Å². The third-order valence-corrected chi connectivity index (χ3v) is 8.93. The Morgan fingerprint density at radius 2 is 1.53 bits per heavy atom. The molecule has 0 amide bonds. The molecule has 2 fully saturated rings. The molecule has 3 aromatic heterocycles. The van der Waals surface area contributed by atoms with Crippen molar-refractivity contribution in [3.05, 3.63) is 108 Å². The molecule has 0 aliphatic carbocycles. The summed E-state index contributed by atoms with van der Waals surface area (Å²) >= 11 is 0. The summed E-state index contributed by atoms with van der Waals surface area (Å²) in [6, 6.07) is 20.2. The highest BCUT2D eigenvalue weighted by atomic mass is 16.8. The number of hydrogen-bond acceptors (Lipinski definition) is 10. The highest BCUT2D eigenvalue weighted by Crippen LogP contribution is 2.36. The maximum atomic E-state index is 12.8. The van der Waals surface area contributed by atoms with E-state index in [9.17, 15) is 4.79 Å². The Morgan fingerprint density at radius 1 is 0.872 bits per heavy atom. The molecule has 0 saturated carbocycles. The van der Waals surface area contributed by atoms with Crippen LogP contribution in [0.4, 0.5) is 11.4 Å². The number of anilines is 2. The Labute approximate surface area is 272 Å². The Balaban J connectivity index is 0.913. The molecule has 13 nitrogen and oxygen atoms in total. The molecule has 5 heterocycles. The fraction of sp³-hybridized carbons (Fsp3) is 0.382. The van der Waals surface area contributed by atoms with Crippen molar-refractivity contribution in [1.29, 1.82) is 0 Å². The molecule has 7 rings (SSSR count). The van der Waals surface area contributed by atoms with Crippen LogP contribution in [0.25, 0.3) is 5.69 Å². The average Bonchev–Trinajstić information content (AvgIpc) is 3.89. The van der Waals surface area contributed by atoms with Crippen LogP contribution in [0.1, 0.15) is 31.9 Å². The van der Waals surface area contributed by atoms with Crippen LogP contribution in [0.2, 0.25) is 0 Å². The molecule has 2 unspecified atom stereocenters. The molecule has 2 aliphatic rings. The van der Waals surface area contributed by atoms with Crippen molar-refractivity contribution in [2.24, 2.45) is 0 Å². The first kappa shape index (κ1) is 30.6. The second kappa shape index (κ2) is 13.4. The number of pyridine rings is 1. The lowest BCUT2D eigenvalue weighted by atomic mass is 10.1. The maximum absolute atomic E-state index is 12.8. The summed E-state index contributed by atoms with van der Waals surface area (Å²) in [4.78, 5) is 25.7. The molecule has 47 heavy (non-hydrogen) atoms. The normalized spacial score (nSPS) is 20.4. The Morgan fingerprint density at radius 3 is 2.17 bits per heavy atom. The zero-order valence-corrected chi connectivity index (χ0v) is 26.6. The van der Waals surface area contributed by atoms with Crippen molar-refractivity contribution in [3.8, 4) is 11.4 Å². The van der Waals surface area contributed by atoms with Gasteiger partial charge in [0.15, 0.2) is 0 Å². The van der Waals surface area contributed by atoms with Gasteiger partial charge in [-0.1, -0.05) is 6.92 Å². The van der Waals surface area contributed by atoms with Crippen molar-refractivity contribution < 1.29 is 14.2 Å². The van der Waals surface area contributed by atoms with E-state index in [1.165, 1.54) is 6.33 Å². The third-order valence-electron chi connectivity index (χ3n) is 8.93. The molecule has 0 radical (unpaired) electrons. The summed E-state index contributed by atoms with van der Waals surface area (Å²) in [5.74, 6) is -0.210. The summed E-state index contributed by atoms with van der Waals surface area (Å²) in [5, 5.41) is 8.54. The molecular weight excluding hydrogens is 598 g/mol. The van der Waals surface area contributed by atoms with Crippen molar-refractivity contribution in [3.63, 3.8) is 0 Å². The minimum atomic E-state index is -0.991. The van der Waals surface area contributed by atoms with E-state index in [4.69, 9.17) is 14.2 Å². The molecule has 2 saturated heterocycles. The molecule has 244 valence electrons. The summed E-state index contributed by atoms with van der Waals surface area (Å²) in [7, 11) is 0. The first-order valence-corrected chi connectivity index (χ1v) is 16.1. The van der Waals surface area contributed by atoms with Gasteiger partial charge in [0.25, 0.3) is 0 Å². The molecule has 2 aromatic carbocycles. The number of aromatic nitrogens is 7. The zero-order valence-electron chi connectivity index (χ0n) is 26.6. The lowest BCUT2D eigenvalue weighted by Crippen LogP contribution is -2.46. The SMILES string of the molecule is CC[C@@H](C)n1ncn(-c2ccc(N3CCN(c4ccc(OCC5COC(Cn6cncn6)(c6ccncc6)O5)cc4)CC3)cc2)c1=O. The van der Waals surface area contributed by atoms with Crippen molar-refractivity contribution >= 4 is 11.4 Å². The van der Waals surface area contributed by atoms with Gasteiger partial charge in [0.2, 0.25) is 5.79 Å². The fourth-order valence-electron chi connectivity index (χ4n) is 6.06. The minimum Gasteiger partial charge on any atom is -0.491 e. The molecule has 5 aromatic rings. The monoisotopic (exact) mass is 637 g/mol. The number of nitrogens with zero attached hydrogens (tertiary/aromatic N) is 9. The number of rotatable bonds is 11. The van der Waals surface area contributed by atoms with Crippen molar-refractivity contribution in [1.82, 2.24) is 34.1 Å². The number of ether oxygens (including phenoxy) is 3. The van der Waals surface area contributed by atoms with E-state index in [2.05, 4.69) is 61.2 Å². The van der Waals surface area contributed by atoms with Crippen LogP contribution in [-0.2, 0) is 21.8 Å². The van der Waals surface area contributed by atoms with Gasteiger partial charge in [-0.05, 0) is 74.0 Å². The summed E-state index contributed by atoms with van der Waals surface area (Å²) in [6.07, 6.45) is 8.80. The third kappa shape index (κ3) is 6.49. The fourth-order valence-corrected chi connectivity index (χ4v) is 6.06. The number of hydrogen-bond donors (Lipinski definition) is 0. The number of piperazine rings is 1. The van der Waals surface area contributed by atoms with E-state index in [1.54, 1.807) is 39.0 Å². The summed E-state index contributed by atoms with van der Waals surface area (Å²) in [6.45, 7) is 8.77. The second-order valence-corrected chi connectivity index (χ2v) is 11.9. The van der Waals surface area contributed by atoms with Crippen molar-refractivity contribution in [2.75, 3.05) is 49.2 Å². The quantitative estimate of drug-likeness (QED) is 0.212. The Kier molecular flexibility index (Phi) is 8.72. The van der Waals surface area contributed by atoms with Gasteiger partial charge in [-0.3, -0.25) is 4.98 Å². The van der Waals surface area contributed by atoms with E-state index in [-0.39, 0.29) is 17.8 Å². The van der Waals surface area contributed by atoms with E-state index in [0.29, 0.717) is 19.8 Å². The first-order chi connectivity index (χ1) is 23.0. The molecular formula is C34H39N9O4. The molecule has 0 N–H and O–H groups in total. The Hall–Kier alpha value is -5.01. The standard InChI is InChI=1S/C34H39N9O4/c1-3-26(2)43-33(44)42(25-38-43)30-6-4-28(5-7-30)39-16-18-40(19-17-39)29-8-10-31(11-9-29)45-20-32-21-46-34(47-32,22-41-24-36-23-37-41)27-12-14-35-15-13-27/h4-15,23-26,32H,3,16-22H2,1-2H3/t26-,32?,34?/m1/s1. The van der Waals surface area contributed by atoms with Crippen LogP contribution in [0.5, 0.6) is 5.75 Å². The average molecular weight is 638 g/mol. The first-order valence-electron chi connectivity index (χ1n) is 16.1. The number of benzene rings is 2. The molecule has 13 heteroatoms. The molecule has 2 aliphatic heterocycles. The van der Waals surface area contributed by atoms with Gasteiger partial charge in [0, 0.05) is 55.5 Å². The van der Waals surface area contributed by atoms with Gasteiger partial charge in [0.05, 0.1) is 18.3 Å².